The maximum absolute atomic E-state index is 2.44. The van der Waals surface area contributed by atoms with Crippen LogP contribution in [0.15, 0.2) is 206 Å². The predicted octanol–water partition coefficient (Wildman–Crippen LogP) is 16.3. The minimum absolute atomic E-state index is 1.10. The SMILES string of the molecule is c1ccc(N(c2ccc(-c3cccc4c3sc3ccccc34)c(-c3cccc4c3sc3ccccc34)c2)c2ccc3c4ccccc4n(-c4ccccc4)c3c2)cc1. The van der Waals surface area contributed by atoms with Crippen molar-refractivity contribution in [2.24, 2.45) is 0 Å². The Bertz CT molecular complexity index is 3520. The number of aromatic nitrogens is 1. The van der Waals surface area contributed by atoms with Gasteiger partial charge in [0.25, 0.3) is 0 Å². The maximum Gasteiger partial charge on any atom is 0.0561 e. The molecule has 0 spiro atoms. The first-order chi connectivity index (χ1) is 28.8. The molecule has 3 aromatic heterocycles. The Morgan fingerprint density at radius 1 is 0.310 bits per heavy atom. The van der Waals surface area contributed by atoms with E-state index in [2.05, 4.69) is 216 Å². The molecule has 2 nitrogen and oxygen atoms in total. The summed E-state index contributed by atoms with van der Waals surface area (Å²) in [5, 5.41) is 7.71. The van der Waals surface area contributed by atoms with Crippen LogP contribution in [-0.2, 0) is 0 Å². The Morgan fingerprint density at radius 3 is 1.52 bits per heavy atom. The molecule has 0 saturated heterocycles. The standard InChI is InChI=1S/C54H34N2S2/c1-3-15-35(16-4-1)55(38-30-32-41-40-19-7-10-26-49(40)56(50(41)34-38)36-17-5-2-6-18-36)37-29-31-39(44-22-13-23-45-42-20-8-11-27-51(42)57-53(44)45)48(33-37)47-25-14-24-46-43-21-9-12-28-52(43)58-54(46)47/h1-34H. The zero-order valence-electron chi connectivity index (χ0n) is 31.3. The van der Waals surface area contributed by atoms with Crippen molar-refractivity contribution in [2.45, 2.75) is 0 Å². The number of rotatable bonds is 6. The molecule has 0 fully saturated rings. The van der Waals surface area contributed by atoms with E-state index in [1.165, 1.54) is 84.4 Å². The zero-order valence-corrected chi connectivity index (χ0v) is 33.0. The number of para-hydroxylation sites is 3. The zero-order chi connectivity index (χ0) is 38.2. The first-order valence-corrected chi connectivity index (χ1v) is 21.3. The molecule has 0 N–H and O–H groups in total. The molecule has 0 unspecified atom stereocenters. The third-order valence-electron chi connectivity index (χ3n) is 11.6. The highest BCUT2D eigenvalue weighted by Gasteiger charge is 2.22. The lowest BCUT2D eigenvalue weighted by molar-refractivity contribution is 1.18. The summed E-state index contributed by atoms with van der Waals surface area (Å²) >= 11 is 3.78. The number of benzene rings is 9. The van der Waals surface area contributed by atoms with Gasteiger partial charge in [-0.05, 0) is 77.9 Å². The van der Waals surface area contributed by atoms with Gasteiger partial charge in [0.1, 0.15) is 0 Å². The molecule has 58 heavy (non-hydrogen) atoms. The van der Waals surface area contributed by atoms with Crippen LogP contribution >= 0.6 is 22.7 Å². The van der Waals surface area contributed by atoms with Gasteiger partial charge in [0.15, 0.2) is 0 Å². The van der Waals surface area contributed by atoms with Crippen LogP contribution in [0.2, 0.25) is 0 Å². The van der Waals surface area contributed by atoms with E-state index in [1.807, 2.05) is 22.7 Å². The van der Waals surface area contributed by atoms with Crippen LogP contribution in [0.1, 0.15) is 0 Å². The maximum atomic E-state index is 2.44. The Kier molecular flexibility index (Phi) is 7.62. The molecule has 0 saturated carbocycles. The summed E-state index contributed by atoms with van der Waals surface area (Å²) in [4.78, 5) is 2.42. The largest absolute Gasteiger partial charge is 0.310 e. The van der Waals surface area contributed by atoms with E-state index in [1.54, 1.807) is 0 Å². The minimum Gasteiger partial charge on any atom is -0.310 e. The van der Waals surface area contributed by atoms with Gasteiger partial charge < -0.3 is 9.47 Å². The summed E-state index contributed by atoms with van der Waals surface area (Å²) in [5.74, 6) is 0. The lowest BCUT2D eigenvalue weighted by Gasteiger charge is -2.27. The molecule has 3 heterocycles. The van der Waals surface area contributed by atoms with Crippen molar-refractivity contribution < 1.29 is 0 Å². The summed E-state index contributed by atoms with van der Waals surface area (Å²) in [5.41, 5.74) is 11.8. The summed E-state index contributed by atoms with van der Waals surface area (Å²) < 4.78 is 7.65. The first-order valence-electron chi connectivity index (χ1n) is 19.7. The van der Waals surface area contributed by atoms with Crippen molar-refractivity contribution in [3.8, 4) is 27.9 Å². The average Bonchev–Trinajstić information content (AvgIpc) is 3.97. The van der Waals surface area contributed by atoms with Gasteiger partial charge in [0.2, 0.25) is 0 Å². The van der Waals surface area contributed by atoms with Gasteiger partial charge in [0, 0.05) is 85.0 Å². The molecule has 0 amide bonds. The fourth-order valence-electron chi connectivity index (χ4n) is 9.03. The fraction of sp³-hybridized carbons (Fsp3) is 0. The quantitative estimate of drug-likeness (QED) is 0.163. The molecule has 4 heteroatoms. The summed E-state index contributed by atoms with van der Waals surface area (Å²) in [6.07, 6.45) is 0. The van der Waals surface area contributed by atoms with Crippen molar-refractivity contribution in [3.63, 3.8) is 0 Å². The van der Waals surface area contributed by atoms with Gasteiger partial charge in [-0.3, -0.25) is 0 Å². The van der Waals surface area contributed by atoms with Gasteiger partial charge in [0.05, 0.1) is 11.0 Å². The van der Waals surface area contributed by atoms with Gasteiger partial charge in [-0.15, -0.1) is 22.7 Å². The number of thiophene rings is 2. The summed E-state index contributed by atoms with van der Waals surface area (Å²) in [6.45, 7) is 0. The lowest BCUT2D eigenvalue weighted by Crippen LogP contribution is -2.10. The van der Waals surface area contributed by atoms with Crippen LogP contribution in [0.25, 0.3) is 90.1 Å². The van der Waals surface area contributed by atoms with Crippen LogP contribution < -0.4 is 4.90 Å². The fourth-order valence-corrected chi connectivity index (χ4v) is 11.5. The molecule has 12 aromatic rings. The molecule has 9 aromatic carbocycles. The Labute approximate surface area is 343 Å². The Morgan fingerprint density at radius 2 is 0.828 bits per heavy atom. The summed E-state index contributed by atoms with van der Waals surface area (Å²) in [7, 11) is 0. The van der Waals surface area contributed by atoms with E-state index in [-0.39, 0.29) is 0 Å². The van der Waals surface area contributed by atoms with Crippen LogP contribution in [0.3, 0.4) is 0 Å². The van der Waals surface area contributed by atoms with Gasteiger partial charge in [-0.25, -0.2) is 0 Å². The third-order valence-corrected chi connectivity index (χ3v) is 14.0. The van der Waals surface area contributed by atoms with Gasteiger partial charge >= 0.3 is 0 Å². The topological polar surface area (TPSA) is 8.17 Å². The van der Waals surface area contributed by atoms with Crippen LogP contribution in [0.4, 0.5) is 17.1 Å². The van der Waals surface area contributed by atoms with E-state index in [0.29, 0.717) is 0 Å². The van der Waals surface area contributed by atoms with E-state index in [9.17, 15) is 0 Å². The average molecular weight is 775 g/mol. The predicted molar refractivity (Wildman–Crippen MR) is 252 cm³/mol. The van der Waals surface area contributed by atoms with E-state index < -0.39 is 0 Å². The van der Waals surface area contributed by atoms with Gasteiger partial charge in [-0.1, -0.05) is 140 Å². The third kappa shape index (κ3) is 5.16. The van der Waals surface area contributed by atoms with Gasteiger partial charge in [-0.2, -0.15) is 0 Å². The highest BCUT2D eigenvalue weighted by Crippen LogP contribution is 2.49. The van der Waals surface area contributed by atoms with E-state index in [4.69, 9.17) is 0 Å². The second-order valence-electron chi connectivity index (χ2n) is 14.9. The molecular formula is C54H34N2S2. The molecule has 272 valence electrons. The Hall–Kier alpha value is -6.98. The van der Waals surface area contributed by atoms with Crippen molar-refractivity contribution in [1.82, 2.24) is 4.57 Å². The number of nitrogens with zero attached hydrogens (tertiary/aromatic N) is 2. The number of hydrogen-bond acceptors (Lipinski definition) is 3. The van der Waals surface area contributed by atoms with Crippen LogP contribution in [0.5, 0.6) is 0 Å². The van der Waals surface area contributed by atoms with Crippen molar-refractivity contribution in [2.75, 3.05) is 4.90 Å². The number of anilines is 3. The van der Waals surface area contributed by atoms with Crippen molar-refractivity contribution >= 4 is 102 Å². The van der Waals surface area contributed by atoms with E-state index in [0.717, 1.165) is 22.7 Å². The second kappa shape index (κ2) is 13.3. The normalized spacial score (nSPS) is 11.8. The monoisotopic (exact) mass is 774 g/mol. The van der Waals surface area contributed by atoms with Crippen LogP contribution in [-0.4, -0.2) is 4.57 Å². The molecule has 0 atom stereocenters. The highest BCUT2D eigenvalue weighted by molar-refractivity contribution is 7.26. The number of fused-ring (bicyclic) bond motifs is 9. The molecular weight excluding hydrogens is 741 g/mol. The molecule has 12 rings (SSSR count). The Balaban J connectivity index is 1.14. The molecule has 0 bridgehead atoms. The van der Waals surface area contributed by atoms with Crippen molar-refractivity contribution in [1.29, 1.82) is 0 Å². The molecule has 0 radical (unpaired) electrons. The highest BCUT2D eigenvalue weighted by atomic mass is 32.1. The molecule has 0 aliphatic rings. The van der Waals surface area contributed by atoms with Crippen LogP contribution in [0, 0.1) is 0 Å². The molecule has 0 aliphatic carbocycles. The lowest BCUT2D eigenvalue weighted by atomic mass is 9.92. The minimum atomic E-state index is 1.10. The van der Waals surface area contributed by atoms with Crippen molar-refractivity contribution in [3.05, 3.63) is 206 Å². The summed E-state index contributed by atoms with van der Waals surface area (Å²) in [6, 6.07) is 75.6. The molecule has 0 aliphatic heterocycles. The first kappa shape index (κ1) is 33.2. The van der Waals surface area contributed by atoms with E-state index >= 15 is 0 Å². The smallest absolute Gasteiger partial charge is 0.0561 e. The second-order valence-corrected chi connectivity index (χ2v) is 17.0. The number of hydrogen-bond donors (Lipinski definition) is 0.